The number of carbonyl (C=O) groups excluding carboxylic acids is 1. The highest BCUT2D eigenvalue weighted by atomic mass is 16.5. The maximum Gasteiger partial charge on any atom is 0.337 e. The highest BCUT2D eigenvalue weighted by molar-refractivity contribution is 5.93. The third kappa shape index (κ3) is 3.51. The van der Waals surface area contributed by atoms with Crippen molar-refractivity contribution in [3.63, 3.8) is 0 Å². The number of nitrogens with one attached hydrogen (secondary N) is 1. The summed E-state index contributed by atoms with van der Waals surface area (Å²) in [7, 11) is 1.34. The standard InChI is InChI=1S/C19H18N2O3/c1-24-19(23)14-10-11-15-17(12-14)20-16(18(22)21-15)9-5-8-13-6-3-2-4-7-13/h2-4,6-7,10-12H,5,8-9H2,1H3,(H,21,22). The van der Waals surface area contributed by atoms with Gasteiger partial charge in [0.15, 0.2) is 0 Å². The number of rotatable bonds is 5. The van der Waals surface area contributed by atoms with Gasteiger partial charge in [0.2, 0.25) is 0 Å². The normalized spacial score (nSPS) is 10.7. The van der Waals surface area contributed by atoms with Crippen LogP contribution in [0.4, 0.5) is 0 Å². The van der Waals surface area contributed by atoms with E-state index in [0.717, 1.165) is 12.8 Å². The van der Waals surface area contributed by atoms with E-state index < -0.39 is 5.97 Å². The van der Waals surface area contributed by atoms with Crippen molar-refractivity contribution in [1.82, 2.24) is 9.97 Å². The smallest absolute Gasteiger partial charge is 0.337 e. The minimum Gasteiger partial charge on any atom is -0.465 e. The van der Waals surface area contributed by atoms with Gasteiger partial charge in [0.05, 0.1) is 23.7 Å². The van der Waals surface area contributed by atoms with Crippen LogP contribution in [0.2, 0.25) is 0 Å². The molecule has 0 saturated carbocycles. The van der Waals surface area contributed by atoms with Crippen LogP contribution in [0.1, 0.15) is 28.0 Å². The lowest BCUT2D eigenvalue weighted by molar-refractivity contribution is 0.0601. The quantitative estimate of drug-likeness (QED) is 0.733. The molecule has 0 saturated heterocycles. The molecule has 0 atom stereocenters. The SMILES string of the molecule is COC(=O)c1ccc2[nH]c(=O)c(CCCc3ccccc3)nc2c1. The summed E-state index contributed by atoms with van der Waals surface area (Å²) in [6, 6.07) is 15.1. The van der Waals surface area contributed by atoms with Gasteiger partial charge in [0.1, 0.15) is 5.69 Å². The van der Waals surface area contributed by atoms with Crippen LogP contribution in [0.25, 0.3) is 11.0 Å². The van der Waals surface area contributed by atoms with Crippen LogP contribution in [-0.4, -0.2) is 23.0 Å². The fourth-order valence-electron chi connectivity index (χ4n) is 2.64. The molecule has 0 amide bonds. The van der Waals surface area contributed by atoms with E-state index in [9.17, 15) is 9.59 Å². The molecule has 0 spiro atoms. The molecule has 0 unspecified atom stereocenters. The Hall–Kier alpha value is -2.95. The Kier molecular flexibility index (Phi) is 4.70. The maximum atomic E-state index is 12.1. The van der Waals surface area contributed by atoms with Crippen LogP contribution >= 0.6 is 0 Å². The van der Waals surface area contributed by atoms with Crippen molar-refractivity contribution in [2.45, 2.75) is 19.3 Å². The second-order valence-electron chi connectivity index (χ2n) is 5.58. The summed E-state index contributed by atoms with van der Waals surface area (Å²) in [4.78, 5) is 31.0. The monoisotopic (exact) mass is 322 g/mol. The van der Waals surface area contributed by atoms with Gasteiger partial charge in [0.25, 0.3) is 5.56 Å². The van der Waals surface area contributed by atoms with E-state index in [4.69, 9.17) is 4.74 Å². The van der Waals surface area contributed by atoms with E-state index in [1.54, 1.807) is 18.2 Å². The summed E-state index contributed by atoms with van der Waals surface area (Å²) in [6.45, 7) is 0. The Morgan fingerprint density at radius 2 is 1.92 bits per heavy atom. The van der Waals surface area contributed by atoms with Crippen LogP contribution in [0.15, 0.2) is 53.3 Å². The molecule has 5 heteroatoms. The summed E-state index contributed by atoms with van der Waals surface area (Å²) >= 11 is 0. The number of H-pyrrole nitrogens is 1. The number of hydrogen-bond donors (Lipinski definition) is 1. The number of benzene rings is 2. The minimum absolute atomic E-state index is 0.179. The number of carbonyl (C=O) groups is 1. The lowest BCUT2D eigenvalue weighted by atomic mass is 10.1. The van der Waals surface area contributed by atoms with E-state index in [2.05, 4.69) is 22.1 Å². The van der Waals surface area contributed by atoms with Crippen LogP contribution in [0.3, 0.4) is 0 Å². The van der Waals surface area contributed by atoms with Crippen LogP contribution in [-0.2, 0) is 17.6 Å². The van der Waals surface area contributed by atoms with Gasteiger partial charge in [-0.2, -0.15) is 0 Å². The molecule has 3 aromatic rings. The fraction of sp³-hybridized carbons (Fsp3) is 0.211. The van der Waals surface area contributed by atoms with Crippen molar-refractivity contribution in [3.05, 3.63) is 75.7 Å². The summed E-state index contributed by atoms with van der Waals surface area (Å²) in [6.07, 6.45) is 2.31. The van der Waals surface area contributed by atoms with Gasteiger partial charge in [-0.3, -0.25) is 4.79 Å². The highest BCUT2D eigenvalue weighted by Crippen LogP contribution is 2.13. The number of methoxy groups -OCH3 is 1. The molecule has 24 heavy (non-hydrogen) atoms. The van der Waals surface area contributed by atoms with Gasteiger partial charge >= 0.3 is 5.97 Å². The van der Waals surface area contributed by atoms with Gasteiger partial charge in [-0.05, 0) is 43.0 Å². The van der Waals surface area contributed by atoms with E-state index in [1.165, 1.54) is 12.7 Å². The van der Waals surface area contributed by atoms with Crippen LogP contribution < -0.4 is 5.56 Å². The predicted molar refractivity (Wildman–Crippen MR) is 92.2 cm³/mol. The van der Waals surface area contributed by atoms with E-state index in [-0.39, 0.29) is 5.56 Å². The molecular weight excluding hydrogens is 304 g/mol. The van der Waals surface area contributed by atoms with Crippen molar-refractivity contribution in [2.75, 3.05) is 7.11 Å². The molecule has 1 N–H and O–H groups in total. The van der Waals surface area contributed by atoms with Crippen molar-refractivity contribution in [1.29, 1.82) is 0 Å². The highest BCUT2D eigenvalue weighted by Gasteiger charge is 2.09. The number of aromatic amines is 1. The van der Waals surface area contributed by atoms with Crippen molar-refractivity contribution >= 4 is 17.0 Å². The molecule has 0 aliphatic carbocycles. The number of hydrogen-bond acceptors (Lipinski definition) is 4. The molecule has 122 valence electrons. The van der Waals surface area contributed by atoms with E-state index in [0.29, 0.717) is 28.7 Å². The van der Waals surface area contributed by atoms with Gasteiger partial charge in [-0.15, -0.1) is 0 Å². The van der Waals surface area contributed by atoms with Gasteiger partial charge in [-0.1, -0.05) is 30.3 Å². The lowest BCUT2D eigenvalue weighted by Crippen LogP contribution is -2.15. The molecular formula is C19H18N2O3. The summed E-state index contributed by atoms with van der Waals surface area (Å²) in [5.41, 5.74) is 3.16. The molecule has 1 heterocycles. The molecule has 0 fully saturated rings. The van der Waals surface area contributed by atoms with Crippen molar-refractivity contribution < 1.29 is 9.53 Å². The van der Waals surface area contributed by atoms with Crippen LogP contribution in [0.5, 0.6) is 0 Å². The Balaban J connectivity index is 1.80. The Bertz CT molecular complexity index is 917. The maximum absolute atomic E-state index is 12.1. The van der Waals surface area contributed by atoms with Gasteiger partial charge in [0, 0.05) is 0 Å². The zero-order chi connectivity index (χ0) is 16.9. The second-order valence-corrected chi connectivity index (χ2v) is 5.58. The average molecular weight is 322 g/mol. The molecule has 0 aliphatic heterocycles. The minimum atomic E-state index is -0.421. The van der Waals surface area contributed by atoms with E-state index in [1.807, 2.05) is 18.2 Å². The van der Waals surface area contributed by atoms with Crippen molar-refractivity contribution in [3.8, 4) is 0 Å². The molecule has 3 rings (SSSR count). The molecule has 1 aromatic heterocycles. The van der Waals surface area contributed by atoms with Crippen LogP contribution in [0, 0.1) is 0 Å². The number of aryl methyl sites for hydroxylation is 2. The largest absolute Gasteiger partial charge is 0.465 e. The molecule has 5 nitrogen and oxygen atoms in total. The van der Waals surface area contributed by atoms with E-state index >= 15 is 0 Å². The fourth-order valence-corrected chi connectivity index (χ4v) is 2.64. The molecule has 0 bridgehead atoms. The second kappa shape index (κ2) is 7.08. The predicted octanol–water partition coefficient (Wildman–Crippen LogP) is 2.89. The lowest BCUT2D eigenvalue weighted by Gasteiger charge is -2.05. The zero-order valence-corrected chi connectivity index (χ0v) is 13.4. The number of aromatic nitrogens is 2. The first-order valence-corrected chi connectivity index (χ1v) is 7.82. The summed E-state index contributed by atoms with van der Waals surface area (Å²) in [5.74, 6) is -0.421. The zero-order valence-electron chi connectivity index (χ0n) is 13.4. The van der Waals surface area contributed by atoms with Gasteiger partial charge in [-0.25, -0.2) is 9.78 Å². The Morgan fingerprint density at radius 1 is 1.12 bits per heavy atom. The average Bonchev–Trinajstić information content (AvgIpc) is 2.62. The topological polar surface area (TPSA) is 72.1 Å². The summed E-state index contributed by atoms with van der Waals surface area (Å²) in [5, 5.41) is 0. The summed E-state index contributed by atoms with van der Waals surface area (Å²) < 4.78 is 4.71. The molecule has 0 aliphatic rings. The number of nitrogens with zero attached hydrogens (tertiary/aromatic N) is 1. The Labute approximate surface area is 139 Å². The first kappa shape index (κ1) is 15.9. The number of esters is 1. The Morgan fingerprint density at radius 3 is 2.67 bits per heavy atom. The third-order valence-electron chi connectivity index (χ3n) is 3.91. The first-order valence-electron chi connectivity index (χ1n) is 7.82. The van der Waals surface area contributed by atoms with Gasteiger partial charge < -0.3 is 9.72 Å². The molecule has 0 radical (unpaired) electrons. The number of ether oxygens (including phenoxy) is 1. The molecule has 2 aromatic carbocycles. The van der Waals surface area contributed by atoms with Crippen molar-refractivity contribution in [2.24, 2.45) is 0 Å². The number of fused-ring (bicyclic) bond motifs is 1. The first-order chi connectivity index (χ1) is 11.7. The third-order valence-corrected chi connectivity index (χ3v) is 3.91.